The minimum Gasteiger partial charge on any atom is -0.478 e. The molecule has 0 unspecified atom stereocenters. The van der Waals surface area contributed by atoms with Crippen LogP contribution >= 0.6 is 0 Å². The van der Waals surface area contributed by atoms with E-state index in [2.05, 4.69) is 15.0 Å². The molecule has 5 nitrogen and oxygen atoms in total. The van der Waals surface area contributed by atoms with E-state index in [9.17, 15) is 4.79 Å². The molecule has 2 aromatic rings. The number of aromatic nitrogens is 3. The van der Waals surface area contributed by atoms with Crippen molar-refractivity contribution < 1.29 is 9.90 Å². The van der Waals surface area contributed by atoms with E-state index in [0.29, 0.717) is 5.65 Å². The maximum absolute atomic E-state index is 10.3. The zero-order valence-corrected chi connectivity index (χ0v) is 7.14. The fourth-order valence-corrected chi connectivity index (χ4v) is 1.10. The van der Waals surface area contributed by atoms with Crippen molar-refractivity contribution in [2.45, 2.75) is 0 Å². The number of hydrogen-bond acceptors (Lipinski definition) is 3. The zero-order valence-electron chi connectivity index (χ0n) is 7.14. The molecule has 2 heterocycles. The molecule has 0 saturated carbocycles. The van der Waals surface area contributed by atoms with Crippen LogP contribution < -0.4 is 0 Å². The van der Waals surface area contributed by atoms with Crippen LogP contribution in [0.25, 0.3) is 17.2 Å². The maximum atomic E-state index is 10.3. The van der Waals surface area contributed by atoms with Crippen molar-refractivity contribution in [1.82, 2.24) is 15.0 Å². The monoisotopic (exact) mass is 189 g/mol. The summed E-state index contributed by atoms with van der Waals surface area (Å²) in [6, 6.07) is 1.79. The van der Waals surface area contributed by atoms with Gasteiger partial charge in [0.15, 0.2) is 5.65 Å². The Morgan fingerprint density at radius 1 is 1.50 bits per heavy atom. The first kappa shape index (κ1) is 8.43. The largest absolute Gasteiger partial charge is 0.478 e. The van der Waals surface area contributed by atoms with Crippen molar-refractivity contribution in [2.75, 3.05) is 0 Å². The van der Waals surface area contributed by atoms with Gasteiger partial charge in [-0.15, -0.1) is 0 Å². The summed E-state index contributed by atoms with van der Waals surface area (Å²) in [7, 11) is 0. The third kappa shape index (κ3) is 1.61. The van der Waals surface area contributed by atoms with Crippen LogP contribution in [0.3, 0.4) is 0 Å². The summed E-state index contributed by atoms with van der Waals surface area (Å²) in [4.78, 5) is 21.1. The van der Waals surface area contributed by atoms with E-state index in [1.54, 1.807) is 18.6 Å². The normalized spacial score (nSPS) is 11.1. The molecule has 0 aliphatic heterocycles. The first-order chi connectivity index (χ1) is 6.75. The molecule has 0 atom stereocenters. The molecular weight excluding hydrogens is 182 g/mol. The van der Waals surface area contributed by atoms with Crippen LogP contribution in [-0.2, 0) is 4.79 Å². The molecule has 0 amide bonds. The van der Waals surface area contributed by atoms with E-state index < -0.39 is 5.97 Å². The molecule has 2 rings (SSSR count). The highest BCUT2D eigenvalue weighted by molar-refractivity contribution is 5.86. The molecule has 0 bridgehead atoms. The van der Waals surface area contributed by atoms with Crippen molar-refractivity contribution in [3.63, 3.8) is 0 Å². The lowest BCUT2D eigenvalue weighted by Crippen LogP contribution is -1.86. The van der Waals surface area contributed by atoms with E-state index in [0.717, 1.165) is 17.2 Å². The van der Waals surface area contributed by atoms with Gasteiger partial charge in [0.05, 0.1) is 11.8 Å². The first-order valence-electron chi connectivity index (χ1n) is 3.96. The van der Waals surface area contributed by atoms with E-state index in [4.69, 9.17) is 5.11 Å². The maximum Gasteiger partial charge on any atom is 0.328 e. The Morgan fingerprint density at radius 3 is 3.14 bits per heavy atom. The van der Waals surface area contributed by atoms with Crippen LogP contribution in [0.15, 0.2) is 24.7 Å². The van der Waals surface area contributed by atoms with Gasteiger partial charge in [-0.25, -0.2) is 14.8 Å². The molecule has 70 valence electrons. The predicted octanol–water partition coefficient (Wildman–Crippen LogP) is 1.06. The van der Waals surface area contributed by atoms with Gasteiger partial charge >= 0.3 is 5.97 Å². The molecule has 0 aromatic carbocycles. The molecule has 5 heteroatoms. The standard InChI is InChI=1S/C9H7N3O2/c13-8(14)2-1-6-3-7-9(10-4-6)12-5-11-7/h1-5H,(H,13,14)(H,10,11,12). The molecule has 0 aliphatic carbocycles. The second-order valence-electron chi connectivity index (χ2n) is 2.71. The summed E-state index contributed by atoms with van der Waals surface area (Å²) in [6.45, 7) is 0. The molecule has 0 saturated heterocycles. The highest BCUT2D eigenvalue weighted by Crippen LogP contribution is 2.09. The number of fused-ring (bicyclic) bond motifs is 1. The number of aliphatic carboxylic acids is 1. The number of pyridine rings is 1. The summed E-state index contributed by atoms with van der Waals surface area (Å²) < 4.78 is 0. The fraction of sp³-hybridized carbons (Fsp3) is 0. The number of carboxylic acids is 1. The van der Waals surface area contributed by atoms with Crippen LogP contribution in [0, 0.1) is 0 Å². The highest BCUT2D eigenvalue weighted by atomic mass is 16.4. The fourth-order valence-electron chi connectivity index (χ4n) is 1.10. The summed E-state index contributed by atoms with van der Waals surface area (Å²) in [5, 5.41) is 8.42. The van der Waals surface area contributed by atoms with Crippen LogP contribution in [-0.4, -0.2) is 26.0 Å². The Kier molecular flexibility index (Phi) is 1.98. The van der Waals surface area contributed by atoms with Gasteiger partial charge in [0.1, 0.15) is 0 Å². The molecule has 0 spiro atoms. The van der Waals surface area contributed by atoms with Gasteiger partial charge in [-0.05, 0) is 17.7 Å². The SMILES string of the molecule is O=C(O)C=Cc1cnc2nc[nH]c2c1. The summed E-state index contributed by atoms with van der Waals surface area (Å²) in [5.41, 5.74) is 2.14. The number of carboxylic acid groups (broad SMARTS) is 1. The van der Waals surface area contributed by atoms with Gasteiger partial charge in [0, 0.05) is 12.3 Å². The van der Waals surface area contributed by atoms with Crippen molar-refractivity contribution in [1.29, 1.82) is 0 Å². The minimum absolute atomic E-state index is 0.623. The highest BCUT2D eigenvalue weighted by Gasteiger charge is 1.97. The lowest BCUT2D eigenvalue weighted by atomic mass is 10.2. The third-order valence-electron chi connectivity index (χ3n) is 1.71. The molecule has 2 aromatic heterocycles. The topological polar surface area (TPSA) is 78.9 Å². The quantitative estimate of drug-likeness (QED) is 0.692. The number of aromatic amines is 1. The van der Waals surface area contributed by atoms with Crippen molar-refractivity contribution in [2.24, 2.45) is 0 Å². The van der Waals surface area contributed by atoms with Crippen molar-refractivity contribution in [3.8, 4) is 0 Å². The van der Waals surface area contributed by atoms with Crippen LogP contribution in [0.1, 0.15) is 5.56 Å². The van der Waals surface area contributed by atoms with Gasteiger partial charge in [-0.3, -0.25) is 0 Å². The lowest BCUT2D eigenvalue weighted by molar-refractivity contribution is -0.131. The van der Waals surface area contributed by atoms with E-state index in [1.165, 1.54) is 6.08 Å². The smallest absolute Gasteiger partial charge is 0.328 e. The average molecular weight is 189 g/mol. The Balaban J connectivity index is 2.39. The van der Waals surface area contributed by atoms with Gasteiger partial charge in [0.25, 0.3) is 0 Å². The predicted molar refractivity (Wildman–Crippen MR) is 50.6 cm³/mol. The molecule has 14 heavy (non-hydrogen) atoms. The summed E-state index contributed by atoms with van der Waals surface area (Å²) >= 11 is 0. The van der Waals surface area contributed by atoms with Crippen LogP contribution in [0.2, 0.25) is 0 Å². The Hall–Kier alpha value is -2.17. The molecule has 0 aliphatic rings. The Labute approximate surface area is 79.1 Å². The number of rotatable bonds is 2. The van der Waals surface area contributed by atoms with Gasteiger partial charge in [0.2, 0.25) is 0 Å². The van der Waals surface area contributed by atoms with Crippen molar-refractivity contribution in [3.05, 3.63) is 30.2 Å². The number of imidazole rings is 1. The van der Waals surface area contributed by atoms with Crippen LogP contribution in [0.5, 0.6) is 0 Å². The number of nitrogens with one attached hydrogen (secondary N) is 1. The molecular formula is C9H7N3O2. The summed E-state index contributed by atoms with van der Waals surface area (Å²) in [6.07, 6.45) is 5.67. The van der Waals surface area contributed by atoms with E-state index in [-0.39, 0.29) is 0 Å². The van der Waals surface area contributed by atoms with Crippen molar-refractivity contribution >= 4 is 23.2 Å². The van der Waals surface area contributed by atoms with Crippen LogP contribution in [0.4, 0.5) is 0 Å². The minimum atomic E-state index is -0.977. The Bertz CT molecular complexity index is 501. The molecule has 0 radical (unpaired) electrons. The van der Waals surface area contributed by atoms with Gasteiger partial charge in [-0.1, -0.05) is 0 Å². The number of carbonyl (C=O) groups is 1. The second kappa shape index (κ2) is 3.29. The number of nitrogens with zero attached hydrogens (tertiary/aromatic N) is 2. The molecule has 2 N–H and O–H groups in total. The molecule has 0 fully saturated rings. The second-order valence-corrected chi connectivity index (χ2v) is 2.71. The van der Waals surface area contributed by atoms with E-state index in [1.807, 2.05) is 0 Å². The lowest BCUT2D eigenvalue weighted by Gasteiger charge is -1.91. The van der Waals surface area contributed by atoms with E-state index >= 15 is 0 Å². The summed E-state index contributed by atoms with van der Waals surface area (Å²) in [5.74, 6) is -0.977. The zero-order chi connectivity index (χ0) is 9.97. The van der Waals surface area contributed by atoms with Gasteiger partial charge < -0.3 is 10.1 Å². The first-order valence-corrected chi connectivity index (χ1v) is 3.96. The number of H-pyrrole nitrogens is 1. The Morgan fingerprint density at radius 2 is 2.36 bits per heavy atom. The number of hydrogen-bond donors (Lipinski definition) is 2. The average Bonchev–Trinajstić information content (AvgIpc) is 2.61. The third-order valence-corrected chi connectivity index (χ3v) is 1.71. The van der Waals surface area contributed by atoms with Gasteiger partial charge in [-0.2, -0.15) is 0 Å².